The van der Waals surface area contributed by atoms with Gasteiger partial charge < -0.3 is 38.7 Å². The van der Waals surface area contributed by atoms with Crippen molar-refractivity contribution in [2.75, 3.05) is 13.7 Å². The first-order chi connectivity index (χ1) is 21.8. The van der Waals surface area contributed by atoms with E-state index in [-0.39, 0.29) is 36.2 Å². The first-order valence-corrected chi connectivity index (χ1v) is 16.3. The minimum Gasteiger partial charge on any atom is -0.481 e. The molecule has 0 aromatic heterocycles. The maximum Gasteiger partial charge on any atom is 0.331 e. The van der Waals surface area contributed by atoms with E-state index in [0.29, 0.717) is 24.8 Å². The molecule has 0 radical (unpaired) electrons. The van der Waals surface area contributed by atoms with Crippen molar-refractivity contribution in [2.45, 2.75) is 97.6 Å². The Balaban J connectivity index is 1.51. The number of hydrogen-bond donors (Lipinski definition) is 2. The number of carbonyl (C=O) groups is 4. The third kappa shape index (κ3) is 4.83. The second-order valence-electron chi connectivity index (χ2n) is 14.2. The second kappa shape index (κ2) is 12.6. The van der Waals surface area contributed by atoms with Crippen molar-refractivity contribution in [1.82, 2.24) is 0 Å². The van der Waals surface area contributed by atoms with E-state index in [1.165, 1.54) is 26.2 Å². The Morgan fingerprint density at radius 2 is 1.85 bits per heavy atom. The molecule has 11 heteroatoms. The molecule has 5 rings (SSSR count). The Labute approximate surface area is 270 Å². The summed E-state index contributed by atoms with van der Waals surface area (Å²) in [7, 11) is 1.43. The minimum absolute atomic E-state index is 0.0952. The van der Waals surface area contributed by atoms with Gasteiger partial charge in [0, 0.05) is 25.5 Å². The van der Waals surface area contributed by atoms with Crippen molar-refractivity contribution in [2.24, 2.45) is 45.8 Å². The predicted molar refractivity (Wildman–Crippen MR) is 164 cm³/mol. The van der Waals surface area contributed by atoms with Crippen LogP contribution in [-0.4, -0.2) is 84.9 Å². The SMILES string of the molecule is C/C=C/C=C\C(=O)O[C@H]1[C@H](O)[C@H](OC[C@@]23C[C@@H]4[C@H](C)[C@@H](OC(C)=O)C[C@H]4[C@@]4(C=O)C[C@H]2C=C(C(C)C)[C@@]34C(=O)O)O[C@H](C)[C@H]1OC. The van der Waals surface area contributed by atoms with Crippen LogP contribution in [0.3, 0.4) is 0 Å². The Bertz CT molecular complexity index is 1320. The zero-order valence-corrected chi connectivity index (χ0v) is 27.7. The number of carboxylic acid groups (broad SMARTS) is 1. The number of aliphatic hydroxyl groups excluding tert-OH is 1. The van der Waals surface area contributed by atoms with Gasteiger partial charge in [-0.2, -0.15) is 0 Å². The number of esters is 2. The summed E-state index contributed by atoms with van der Waals surface area (Å²) in [5, 5.41) is 22.7. The zero-order chi connectivity index (χ0) is 33.8. The van der Waals surface area contributed by atoms with Crippen LogP contribution >= 0.6 is 0 Å². The van der Waals surface area contributed by atoms with Crippen molar-refractivity contribution in [1.29, 1.82) is 0 Å². The van der Waals surface area contributed by atoms with E-state index in [4.69, 9.17) is 23.7 Å². The number of rotatable bonds is 11. The summed E-state index contributed by atoms with van der Waals surface area (Å²) in [6.07, 6.45) is 4.62. The average Bonchev–Trinajstić information content (AvgIpc) is 3.52. The van der Waals surface area contributed by atoms with E-state index < -0.39 is 71.0 Å². The smallest absolute Gasteiger partial charge is 0.331 e. The van der Waals surface area contributed by atoms with Gasteiger partial charge in [0.15, 0.2) is 12.4 Å². The molecule has 0 unspecified atom stereocenters. The first kappa shape index (κ1) is 34.5. The number of hydrogen-bond acceptors (Lipinski definition) is 10. The summed E-state index contributed by atoms with van der Waals surface area (Å²) in [6.45, 7) is 10.7. The normalized spacial score (nSPS) is 44.4. The lowest BCUT2D eigenvalue weighted by Gasteiger charge is -2.58. The summed E-state index contributed by atoms with van der Waals surface area (Å²) in [4.78, 5) is 51.9. The lowest BCUT2D eigenvalue weighted by atomic mass is 9.43. The largest absolute Gasteiger partial charge is 0.481 e. The Hall–Kier alpha value is -2.86. The molecule has 254 valence electrons. The molecule has 0 amide bonds. The van der Waals surface area contributed by atoms with Crippen molar-refractivity contribution < 1.29 is 53.1 Å². The molecule has 1 heterocycles. The molecule has 13 atom stereocenters. The highest BCUT2D eigenvalue weighted by Gasteiger charge is 2.85. The van der Waals surface area contributed by atoms with Crippen molar-refractivity contribution in [3.63, 3.8) is 0 Å². The third-order valence-corrected chi connectivity index (χ3v) is 11.8. The van der Waals surface area contributed by atoms with Crippen LogP contribution in [-0.2, 0) is 42.9 Å². The predicted octanol–water partition coefficient (Wildman–Crippen LogP) is 3.63. The lowest BCUT2D eigenvalue weighted by Crippen LogP contribution is -2.64. The highest BCUT2D eigenvalue weighted by atomic mass is 16.7. The molecular formula is C35H48O11. The number of aldehydes is 1. The van der Waals surface area contributed by atoms with Crippen LogP contribution < -0.4 is 0 Å². The lowest BCUT2D eigenvalue weighted by molar-refractivity contribution is -0.308. The summed E-state index contributed by atoms with van der Waals surface area (Å²) in [6, 6.07) is 0. The number of carboxylic acids is 1. The standard InChI is InChI=1S/C35H48O11/c1-8-9-10-11-27(38)46-30-28(39)31(44-20(5)29(30)42-7)43-17-34-15-23-19(4)26(45-21(6)37)13-25(23)33(16-36)14-22(34)12-24(18(2)3)35(33,34)32(40)41/h8-12,16,18-20,22-23,25-26,28-31,39H,13-15,17H2,1-7H3,(H,40,41)/b9-8+,11-10-/t19-,20+,22+,23+,25+,26-,28-,29+,30-,31+,33-,34-,35-/m0/s1. The number of methoxy groups -OCH3 is 1. The Morgan fingerprint density at radius 3 is 2.43 bits per heavy atom. The first-order valence-electron chi connectivity index (χ1n) is 16.3. The fraction of sp³-hybridized carbons (Fsp3) is 0.714. The molecular weight excluding hydrogens is 596 g/mol. The van der Waals surface area contributed by atoms with E-state index in [1.807, 2.05) is 33.8 Å². The molecule has 0 aromatic carbocycles. The zero-order valence-electron chi connectivity index (χ0n) is 27.7. The molecule has 4 fully saturated rings. The van der Waals surface area contributed by atoms with Gasteiger partial charge in [-0.25, -0.2) is 4.79 Å². The van der Waals surface area contributed by atoms with Crippen LogP contribution in [0.5, 0.6) is 0 Å². The number of aliphatic carboxylic acids is 1. The summed E-state index contributed by atoms with van der Waals surface area (Å²) in [5.41, 5.74) is -3.11. The molecule has 46 heavy (non-hydrogen) atoms. The maximum absolute atomic E-state index is 13.8. The summed E-state index contributed by atoms with van der Waals surface area (Å²) < 4.78 is 29.4. The molecule has 5 aliphatic rings. The van der Waals surface area contributed by atoms with Crippen LogP contribution in [0.25, 0.3) is 0 Å². The molecule has 4 bridgehead atoms. The summed E-state index contributed by atoms with van der Waals surface area (Å²) in [5.74, 6) is -3.06. The van der Waals surface area contributed by atoms with Crippen LogP contribution in [0.1, 0.15) is 60.8 Å². The van der Waals surface area contributed by atoms with E-state index in [1.54, 1.807) is 19.1 Å². The monoisotopic (exact) mass is 644 g/mol. The Morgan fingerprint density at radius 1 is 1.13 bits per heavy atom. The summed E-state index contributed by atoms with van der Waals surface area (Å²) >= 11 is 0. The van der Waals surface area contributed by atoms with Crippen LogP contribution in [0.4, 0.5) is 0 Å². The van der Waals surface area contributed by atoms with E-state index in [2.05, 4.69) is 0 Å². The van der Waals surface area contributed by atoms with Gasteiger partial charge in [0.2, 0.25) is 0 Å². The van der Waals surface area contributed by atoms with E-state index in [9.17, 15) is 29.4 Å². The Kier molecular flexibility index (Phi) is 9.47. The number of aliphatic hydroxyl groups is 1. The fourth-order valence-electron chi connectivity index (χ4n) is 10.2. The van der Waals surface area contributed by atoms with Crippen molar-refractivity contribution >= 4 is 24.2 Å². The highest BCUT2D eigenvalue weighted by molar-refractivity contribution is 5.90. The van der Waals surface area contributed by atoms with Gasteiger partial charge in [0.05, 0.1) is 18.1 Å². The third-order valence-electron chi connectivity index (χ3n) is 11.8. The quantitative estimate of drug-likeness (QED) is 0.111. The van der Waals surface area contributed by atoms with Gasteiger partial charge in [0.1, 0.15) is 30.0 Å². The van der Waals surface area contributed by atoms with Gasteiger partial charge in [-0.15, -0.1) is 0 Å². The number of allylic oxidation sites excluding steroid dienone is 4. The maximum atomic E-state index is 13.8. The highest BCUT2D eigenvalue weighted by Crippen LogP contribution is 2.82. The number of ether oxygens (including phenoxy) is 5. The van der Waals surface area contributed by atoms with Gasteiger partial charge in [-0.05, 0) is 62.7 Å². The van der Waals surface area contributed by atoms with Crippen molar-refractivity contribution in [3.05, 3.63) is 36.0 Å². The van der Waals surface area contributed by atoms with Gasteiger partial charge in [0.25, 0.3) is 0 Å². The van der Waals surface area contributed by atoms with Gasteiger partial charge in [-0.1, -0.05) is 50.6 Å². The average molecular weight is 645 g/mol. The molecule has 11 nitrogen and oxygen atoms in total. The molecule has 1 aliphatic heterocycles. The van der Waals surface area contributed by atoms with Crippen molar-refractivity contribution in [3.8, 4) is 0 Å². The fourth-order valence-corrected chi connectivity index (χ4v) is 10.2. The van der Waals surface area contributed by atoms with Gasteiger partial charge in [-0.3, -0.25) is 9.59 Å². The van der Waals surface area contributed by atoms with E-state index in [0.717, 1.165) is 6.29 Å². The molecule has 0 spiro atoms. The number of fused-ring (bicyclic) bond motifs is 2. The van der Waals surface area contributed by atoms with Crippen LogP contribution in [0.2, 0.25) is 0 Å². The molecule has 0 aromatic rings. The second-order valence-corrected chi connectivity index (χ2v) is 14.2. The topological polar surface area (TPSA) is 155 Å². The minimum atomic E-state index is -1.56. The molecule has 2 N–H and O–H groups in total. The van der Waals surface area contributed by atoms with Crippen LogP contribution in [0, 0.1) is 45.8 Å². The van der Waals surface area contributed by atoms with E-state index >= 15 is 0 Å². The number of carbonyl (C=O) groups excluding carboxylic acids is 3. The molecule has 3 saturated carbocycles. The van der Waals surface area contributed by atoms with Gasteiger partial charge >= 0.3 is 17.9 Å². The molecule has 4 aliphatic carbocycles. The molecule has 1 saturated heterocycles. The van der Waals surface area contributed by atoms with Crippen LogP contribution in [0.15, 0.2) is 36.0 Å².